The van der Waals surface area contributed by atoms with Crippen LogP contribution in [-0.4, -0.2) is 25.9 Å². The maximum Gasteiger partial charge on any atom is 0.170 e. The highest BCUT2D eigenvalue weighted by molar-refractivity contribution is 6.33. The summed E-state index contributed by atoms with van der Waals surface area (Å²) < 4.78 is 0. The predicted molar refractivity (Wildman–Crippen MR) is 75.3 cm³/mol. The van der Waals surface area contributed by atoms with E-state index in [2.05, 4.69) is 20.4 Å². The van der Waals surface area contributed by atoms with E-state index in [0.717, 1.165) is 0 Å². The zero-order valence-electron chi connectivity index (χ0n) is 9.51. The Balaban J connectivity index is 0.000000324. The van der Waals surface area contributed by atoms with E-state index in [9.17, 15) is 0 Å². The SMILES string of the molecule is Nc1nncc(Cl)c1N.Nc1nncc(Cl)c1N.O. The van der Waals surface area contributed by atoms with Crippen LogP contribution in [0.4, 0.5) is 23.0 Å². The van der Waals surface area contributed by atoms with E-state index in [1.54, 1.807) is 0 Å². The minimum Gasteiger partial charge on any atom is -0.412 e. The van der Waals surface area contributed by atoms with Gasteiger partial charge in [0.2, 0.25) is 0 Å². The predicted octanol–water partition coefficient (Wildman–Crippen LogP) is -0.236. The second-order valence-corrected chi connectivity index (χ2v) is 3.80. The molecule has 0 aliphatic heterocycles. The van der Waals surface area contributed by atoms with E-state index in [1.807, 2.05) is 0 Å². The molecule has 104 valence electrons. The number of halogens is 2. The van der Waals surface area contributed by atoms with Crippen molar-refractivity contribution in [2.75, 3.05) is 22.9 Å². The average Bonchev–Trinajstić information content (AvgIpc) is 2.34. The molecule has 0 aliphatic rings. The molecule has 0 aliphatic carbocycles. The molecule has 11 heteroatoms. The molecule has 0 atom stereocenters. The second-order valence-electron chi connectivity index (χ2n) is 2.98. The van der Waals surface area contributed by atoms with Crippen LogP contribution in [0, 0.1) is 0 Å². The molecular weight excluding hydrogens is 295 g/mol. The van der Waals surface area contributed by atoms with Crippen molar-refractivity contribution in [2.45, 2.75) is 0 Å². The van der Waals surface area contributed by atoms with Gasteiger partial charge >= 0.3 is 0 Å². The van der Waals surface area contributed by atoms with E-state index >= 15 is 0 Å². The van der Waals surface area contributed by atoms with Crippen molar-refractivity contribution >= 4 is 46.2 Å². The molecule has 19 heavy (non-hydrogen) atoms. The molecular formula is C8H12Cl2N8O. The van der Waals surface area contributed by atoms with Gasteiger partial charge in [0.1, 0.15) is 0 Å². The molecule has 0 unspecified atom stereocenters. The van der Waals surface area contributed by atoms with Crippen LogP contribution in [0.15, 0.2) is 12.4 Å². The van der Waals surface area contributed by atoms with Gasteiger partial charge in [0.25, 0.3) is 0 Å². The highest BCUT2D eigenvalue weighted by atomic mass is 35.5. The maximum atomic E-state index is 5.51. The highest BCUT2D eigenvalue weighted by Crippen LogP contribution is 2.20. The summed E-state index contributed by atoms with van der Waals surface area (Å²) in [6, 6.07) is 0. The molecule has 2 aromatic heterocycles. The first-order valence-electron chi connectivity index (χ1n) is 4.47. The number of aromatic nitrogens is 4. The fraction of sp³-hybridized carbons (Fsp3) is 0. The first-order chi connectivity index (χ1) is 8.43. The lowest BCUT2D eigenvalue weighted by molar-refractivity contribution is 0.824. The standard InChI is InChI=1S/2C4H5ClN4.H2O/c2*5-2-1-8-9-4(7)3(2)6;/h2*1H,(H2,6,8)(H2,7,9);1H2. The van der Waals surface area contributed by atoms with Gasteiger partial charge in [0.15, 0.2) is 11.6 Å². The summed E-state index contributed by atoms with van der Waals surface area (Å²) in [5.41, 5.74) is 21.7. The lowest BCUT2D eigenvalue weighted by Crippen LogP contribution is -1.99. The summed E-state index contributed by atoms with van der Waals surface area (Å²) in [7, 11) is 0. The van der Waals surface area contributed by atoms with E-state index in [4.69, 9.17) is 46.1 Å². The van der Waals surface area contributed by atoms with E-state index in [1.165, 1.54) is 12.4 Å². The fourth-order valence-electron chi connectivity index (χ4n) is 0.775. The van der Waals surface area contributed by atoms with E-state index < -0.39 is 0 Å². The van der Waals surface area contributed by atoms with Gasteiger partial charge in [0, 0.05) is 0 Å². The Hall–Kier alpha value is -2.10. The highest BCUT2D eigenvalue weighted by Gasteiger charge is 1.99. The van der Waals surface area contributed by atoms with Crippen LogP contribution in [0.3, 0.4) is 0 Å². The van der Waals surface area contributed by atoms with E-state index in [0.29, 0.717) is 10.0 Å². The van der Waals surface area contributed by atoms with Gasteiger partial charge < -0.3 is 28.4 Å². The fourth-order valence-corrected chi connectivity index (χ4v) is 1.06. The Labute approximate surface area is 118 Å². The van der Waals surface area contributed by atoms with Gasteiger partial charge in [-0.15, -0.1) is 10.2 Å². The molecule has 0 amide bonds. The lowest BCUT2D eigenvalue weighted by atomic mass is 10.4. The monoisotopic (exact) mass is 306 g/mol. The van der Waals surface area contributed by atoms with Crippen LogP contribution in [0.1, 0.15) is 0 Å². The quantitative estimate of drug-likeness (QED) is 0.513. The van der Waals surface area contributed by atoms with Crippen LogP contribution in [0.25, 0.3) is 0 Å². The van der Waals surface area contributed by atoms with Crippen molar-refractivity contribution in [3.63, 3.8) is 0 Å². The molecule has 0 bridgehead atoms. The molecule has 0 saturated heterocycles. The Morgan fingerprint density at radius 1 is 0.737 bits per heavy atom. The largest absolute Gasteiger partial charge is 0.412 e. The first kappa shape index (κ1) is 16.9. The molecule has 0 fully saturated rings. The van der Waals surface area contributed by atoms with Crippen LogP contribution < -0.4 is 22.9 Å². The molecule has 2 rings (SSSR count). The van der Waals surface area contributed by atoms with Crippen molar-refractivity contribution in [3.05, 3.63) is 22.4 Å². The molecule has 2 aromatic rings. The van der Waals surface area contributed by atoms with Crippen molar-refractivity contribution in [1.29, 1.82) is 0 Å². The third kappa shape index (κ3) is 4.58. The van der Waals surface area contributed by atoms with Gasteiger partial charge in [-0.05, 0) is 0 Å². The summed E-state index contributed by atoms with van der Waals surface area (Å²) in [5.74, 6) is 0.338. The summed E-state index contributed by atoms with van der Waals surface area (Å²) in [4.78, 5) is 0. The molecule has 0 saturated carbocycles. The molecule has 0 spiro atoms. The number of hydrogen-bond acceptors (Lipinski definition) is 8. The van der Waals surface area contributed by atoms with Gasteiger partial charge in [-0.3, -0.25) is 0 Å². The molecule has 0 aromatic carbocycles. The number of nitrogen functional groups attached to an aromatic ring is 4. The van der Waals surface area contributed by atoms with Crippen LogP contribution in [0.2, 0.25) is 10.0 Å². The van der Waals surface area contributed by atoms with Crippen LogP contribution in [0.5, 0.6) is 0 Å². The summed E-state index contributed by atoms with van der Waals surface area (Å²) in [6.45, 7) is 0. The number of nitrogens with zero attached hydrogens (tertiary/aromatic N) is 4. The maximum absolute atomic E-state index is 5.51. The summed E-state index contributed by atoms with van der Waals surface area (Å²) >= 11 is 11.0. The number of anilines is 4. The minimum absolute atomic E-state index is 0. The smallest absolute Gasteiger partial charge is 0.170 e. The van der Waals surface area contributed by atoms with Gasteiger partial charge in [0.05, 0.1) is 33.8 Å². The number of nitrogens with two attached hydrogens (primary N) is 4. The van der Waals surface area contributed by atoms with E-state index in [-0.39, 0.29) is 28.5 Å². The third-order valence-corrected chi connectivity index (χ3v) is 2.34. The van der Waals surface area contributed by atoms with Crippen molar-refractivity contribution in [2.24, 2.45) is 0 Å². The van der Waals surface area contributed by atoms with Crippen LogP contribution >= 0.6 is 23.2 Å². The summed E-state index contributed by atoms with van der Waals surface area (Å²) in [5, 5.41) is 14.5. The number of hydrogen-bond donors (Lipinski definition) is 4. The van der Waals surface area contributed by atoms with Gasteiger partial charge in [-0.2, -0.15) is 10.2 Å². The Kier molecular flexibility index (Phi) is 6.55. The topological polar surface area (TPSA) is 187 Å². The molecule has 9 nitrogen and oxygen atoms in total. The lowest BCUT2D eigenvalue weighted by Gasteiger charge is -1.96. The molecule has 10 N–H and O–H groups in total. The number of rotatable bonds is 0. The normalized spacial score (nSPS) is 8.95. The Bertz CT molecular complexity index is 462. The van der Waals surface area contributed by atoms with Gasteiger partial charge in [-0.1, -0.05) is 23.2 Å². The minimum atomic E-state index is 0. The summed E-state index contributed by atoms with van der Waals surface area (Å²) in [6.07, 6.45) is 2.68. The second kappa shape index (κ2) is 7.36. The van der Waals surface area contributed by atoms with Crippen molar-refractivity contribution in [3.8, 4) is 0 Å². The third-order valence-electron chi connectivity index (χ3n) is 1.74. The molecule has 2 heterocycles. The first-order valence-corrected chi connectivity index (χ1v) is 5.23. The Morgan fingerprint density at radius 2 is 1.05 bits per heavy atom. The van der Waals surface area contributed by atoms with Crippen molar-refractivity contribution in [1.82, 2.24) is 20.4 Å². The van der Waals surface area contributed by atoms with Crippen LogP contribution in [-0.2, 0) is 0 Å². The molecule has 0 radical (unpaired) electrons. The van der Waals surface area contributed by atoms with Crippen molar-refractivity contribution < 1.29 is 5.48 Å². The Morgan fingerprint density at radius 3 is 1.26 bits per heavy atom. The van der Waals surface area contributed by atoms with Gasteiger partial charge in [-0.25, -0.2) is 0 Å². The average molecular weight is 307 g/mol. The zero-order chi connectivity index (χ0) is 13.7. The zero-order valence-corrected chi connectivity index (χ0v) is 11.0.